The molecule has 32 heavy (non-hydrogen) atoms. The molecule has 15 heteroatoms. The molecule has 12 nitrogen and oxygen atoms in total. The van der Waals surface area contributed by atoms with E-state index in [4.69, 9.17) is 21.0 Å². The summed E-state index contributed by atoms with van der Waals surface area (Å²) in [5.74, 6) is -0.299. The van der Waals surface area contributed by atoms with E-state index in [9.17, 15) is 9.60 Å². The third-order valence-corrected chi connectivity index (χ3v) is 6.18. The first-order chi connectivity index (χ1) is 15.3. The zero-order valence-corrected chi connectivity index (χ0v) is 19.5. The van der Waals surface area contributed by atoms with Gasteiger partial charge in [0, 0.05) is 14.7 Å². The van der Waals surface area contributed by atoms with Gasteiger partial charge in [-0.15, -0.1) is 0 Å². The molecule has 0 radical (unpaired) electrons. The van der Waals surface area contributed by atoms with Crippen molar-refractivity contribution in [3.63, 3.8) is 0 Å². The summed E-state index contributed by atoms with van der Waals surface area (Å²) in [4.78, 5) is 4.17. The Morgan fingerprint density at radius 2 is 2.16 bits per heavy atom. The van der Waals surface area contributed by atoms with E-state index in [1.807, 2.05) is 5.48 Å². The van der Waals surface area contributed by atoms with Crippen molar-refractivity contribution in [1.82, 2.24) is 36.0 Å². The number of tetrazole rings is 1. The maximum atomic E-state index is 13.4. The largest absolute Gasteiger partial charge is 0.359 e. The SMILES string of the molecule is C[Si](C)(C)CCOCn1nnnc1NCc1nonc1C(=Nc1ccc(F)c(Cl)c1)NO. The van der Waals surface area contributed by atoms with Crippen molar-refractivity contribution in [3.8, 4) is 0 Å². The minimum atomic E-state index is -1.19. The maximum absolute atomic E-state index is 13.4. The van der Waals surface area contributed by atoms with E-state index in [1.165, 1.54) is 16.8 Å². The molecule has 0 spiro atoms. The average molecular weight is 484 g/mol. The van der Waals surface area contributed by atoms with Gasteiger partial charge in [0.1, 0.15) is 18.2 Å². The predicted octanol–water partition coefficient (Wildman–Crippen LogP) is 2.83. The van der Waals surface area contributed by atoms with Gasteiger partial charge >= 0.3 is 0 Å². The van der Waals surface area contributed by atoms with Gasteiger partial charge in [-0.25, -0.2) is 14.0 Å². The van der Waals surface area contributed by atoms with E-state index >= 15 is 0 Å². The fourth-order valence-electron chi connectivity index (χ4n) is 2.43. The lowest BCUT2D eigenvalue weighted by molar-refractivity contribution is 0.0786. The van der Waals surface area contributed by atoms with Crippen LogP contribution in [0.2, 0.25) is 30.7 Å². The van der Waals surface area contributed by atoms with Crippen molar-refractivity contribution in [2.24, 2.45) is 4.99 Å². The molecule has 3 aromatic rings. The number of rotatable bonds is 10. The molecule has 0 atom stereocenters. The van der Waals surface area contributed by atoms with Gasteiger partial charge in [-0.1, -0.05) is 41.5 Å². The lowest BCUT2D eigenvalue weighted by atomic mass is 10.2. The summed E-state index contributed by atoms with van der Waals surface area (Å²) in [5, 5.41) is 31.5. The van der Waals surface area contributed by atoms with Crippen LogP contribution in [0.3, 0.4) is 0 Å². The minimum absolute atomic E-state index is 0.0694. The molecule has 0 aliphatic rings. The number of hydroxylamine groups is 1. The highest BCUT2D eigenvalue weighted by molar-refractivity contribution is 6.76. The second kappa shape index (κ2) is 10.6. The molecule has 172 valence electrons. The van der Waals surface area contributed by atoms with Crippen LogP contribution in [0.25, 0.3) is 0 Å². The van der Waals surface area contributed by atoms with Crippen LogP contribution in [-0.4, -0.2) is 56.2 Å². The smallest absolute Gasteiger partial charge is 0.245 e. The fourth-order valence-corrected chi connectivity index (χ4v) is 3.36. The van der Waals surface area contributed by atoms with Crippen molar-refractivity contribution < 1.29 is 19.0 Å². The lowest BCUT2D eigenvalue weighted by Crippen LogP contribution is -2.23. The molecule has 0 bridgehead atoms. The highest BCUT2D eigenvalue weighted by Gasteiger charge is 2.18. The summed E-state index contributed by atoms with van der Waals surface area (Å²) in [6, 6.07) is 4.88. The van der Waals surface area contributed by atoms with Gasteiger partial charge in [0.2, 0.25) is 5.95 Å². The molecule has 0 fully saturated rings. The van der Waals surface area contributed by atoms with E-state index in [2.05, 4.69) is 55.8 Å². The molecule has 0 aliphatic heterocycles. The number of anilines is 1. The molecule has 0 saturated carbocycles. The summed E-state index contributed by atoms with van der Waals surface area (Å²) < 4.78 is 25.3. The molecule has 3 N–H and O–H groups in total. The number of ether oxygens (including phenoxy) is 1. The van der Waals surface area contributed by atoms with Crippen molar-refractivity contribution >= 4 is 37.1 Å². The minimum Gasteiger partial charge on any atom is -0.359 e. The molecule has 1 aromatic carbocycles. The number of benzene rings is 1. The fraction of sp³-hybridized carbons (Fsp3) is 0.412. The van der Waals surface area contributed by atoms with E-state index < -0.39 is 13.9 Å². The summed E-state index contributed by atoms with van der Waals surface area (Å²) in [7, 11) is -1.19. The first kappa shape index (κ1) is 23.7. The highest BCUT2D eigenvalue weighted by atomic mass is 35.5. The number of aromatic nitrogens is 6. The van der Waals surface area contributed by atoms with Crippen molar-refractivity contribution in [3.05, 3.63) is 40.4 Å². The molecule has 0 unspecified atom stereocenters. The molecular formula is C17H23ClFN9O3Si. The van der Waals surface area contributed by atoms with E-state index in [0.29, 0.717) is 18.2 Å². The summed E-state index contributed by atoms with van der Waals surface area (Å²) in [6.45, 7) is 7.74. The Bertz CT molecular complexity index is 1070. The molecular weight excluding hydrogens is 461 g/mol. The first-order valence-electron chi connectivity index (χ1n) is 9.60. The standard InChI is InChI=1S/C17H23ClFN9O3Si/c1-32(2,3)7-6-30-10-28-17(22-26-27-28)20-9-14-15(25-31-24-14)16(23-29)21-11-4-5-13(19)12(18)8-11/h4-5,8,29H,6-7,9-10H2,1-3H3,(H,21,23)(H,20,22,27). The predicted molar refractivity (Wildman–Crippen MR) is 116 cm³/mol. The third-order valence-electron chi connectivity index (χ3n) is 4.19. The highest BCUT2D eigenvalue weighted by Crippen LogP contribution is 2.22. The Labute approximate surface area is 188 Å². The van der Waals surface area contributed by atoms with Crippen LogP contribution in [0.15, 0.2) is 27.8 Å². The van der Waals surface area contributed by atoms with Gasteiger partial charge in [0.05, 0.1) is 17.3 Å². The number of aliphatic imine (C=N–C) groups is 1. The van der Waals surface area contributed by atoms with Crippen LogP contribution in [0.5, 0.6) is 0 Å². The summed E-state index contributed by atoms with van der Waals surface area (Å²) in [6.07, 6.45) is 0. The van der Waals surface area contributed by atoms with Crippen LogP contribution >= 0.6 is 11.6 Å². The van der Waals surface area contributed by atoms with Gasteiger partial charge in [0.25, 0.3) is 0 Å². The third kappa shape index (κ3) is 6.53. The maximum Gasteiger partial charge on any atom is 0.245 e. The van der Waals surface area contributed by atoms with E-state index in [0.717, 1.165) is 12.1 Å². The van der Waals surface area contributed by atoms with Crippen LogP contribution < -0.4 is 10.8 Å². The van der Waals surface area contributed by atoms with Crippen LogP contribution in [0.1, 0.15) is 11.4 Å². The van der Waals surface area contributed by atoms with Crippen LogP contribution in [-0.2, 0) is 18.0 Å². The number of nitrogens with zero attached hydrogens (tertiary/aromatic N) is 7. The zero-order chi connectivity index (χ0) is 23.1. The van der Waals surface area contributed by atoms with Gasteiger partial charge in [-0.05, 0) is 39.8 Å². The second-order valence-electron chi connectivity index (χ2n) is 7.93. The van der Waals surface area contributed by atoms with Crippen molar-refractivity contribution in [2.45, 2.75) is 39.0 Å². The van der Waals surface area contributed by atoms with Gasteiger partial charge in [-0.2, -0.15) is 4.68 Å². The van der Waals surface area contributed by atoms with Gasteiger partial charge < -0.3 is 10.1 Å². The summed E-state index contributed by atoms with van der Waals surface area (Å²) >= 11 is 5.77. The summed E-state index contributed by atoms with van der Waals surface area (Å²) in [5.41, 5.74) is 2.67. The molecule has 0 aliphatic carbocycles. The molecule has 2 aromatic heterocycles. The zero-order valence-electron chi connectivity index (χ0n) is 17.7. The quantitative estimate of drug-likeness (QED) is 0.129. The number of hydrogen-bond acceptors (Lipinski definition) is 10. The Hall–Kier alpha value is -2.94. The lowest BCUT2D eigenvalue weighted by Gasteiger charge is -2.15. The molecule has 3 rings (SSSR count). The Balaban J connectivity index is 1.66. The monoisotopic (exact) mass is 483 g/mol. The first-order valence-corrected chi connectivity index (χ1v) is 13.7. The topological polar surface area (TPSA) is 148 Å². The number of nitrogens with one attached hydrogen (secondary N) is 2. The molecule has 0 amide bonds. The van der Waals surface area contributed by atoms with Crippen LogP contribution in [0.4, 0.5) is 16.0 Å². The number of hydrogen-bond donors (Lipinski definition) is 3. The normalized spacial score (nSPS) is 12.2. The Kier molecular flexibility index (Phi) is 7.84. The van der Waals surface area contributed by atoms with Crippen molar-refractivity contribution in [2.75, 3.05) is 11.9 Å². The number of amidine groups is 1. The second-order valence-corrected chi connectivity index (χ2v) is 14.0. The Morgan fingerprint density at radius 1 is 1.34 bits per heavy atom. The van der Waals surface area contributed by atoms with Gasteiger partial charge in [-0.3, -0.25) is 10.7 Å². The number of halogens is 2. The van der Waals surface area contributed by atoms with Crippen molar-refractivity contribution in [1.29, 1.82) is 0 Å². The Morgan fingerprint density at radius 3 is 2.88 bits per heavy atom. The van der Waals surface area contributed by atoms with E-state index in [1.54, 1.807) is 0 Å². The molecule has 2 heterocycles. The van der Waals surface area contributed by atoms with Gasteiger partial charge in [0.15, 0.2) is 11.5 Å². The average Bonchev–Trinajstić information content (AvgIpc) is 3.39. The molecule has 0 saturated heterocycles. The van der Waals surface area contributed by atoms with E-state index in [-0.39, 0.29) is 35.5 Å². The van der Waals surface area contributed by atoms with Crippen LogP contribution in [0, 0.1) is 5.82 Å².